The van der Waals surface area contributed by atoms with Crippen LogP contribution in [0.5, 0.6) is 5.75 Å². The van der Waals surface area contributed by atoms with E-state index in [2.05, 4.69) is 14.8 Å². The number of aromatic carboxylic acids is 1. The Morgan fingerprint density at radius 2 is 2.05 bits per heavy atom. The monoisotopic (exact) mass is 273 g/mol. The van der Waals surface area contributed by atoms with Gasteiger partial charge in [0.15, 0.2) is 0 Å². The van der Waals surface area contributed by atoms with Crippen LogP contribution in [0.4, 0.5) is 13.2 Å². The molecule has 0 bridgehead atoms. The molecule has 0 unspecified atom stereocenters. The fraction of sp³-hybridized carbons (Fsp3) is 0.100. The highest BCUT2D eigenvalue weighted by molar-refractivity contribution is 5.88. The molecule has 100 valence electrons. The minimum absolute atomic E-state index is 0.0941. The molecule has 0 radical (unpaired) electrons. The van der Waals surface area contributed by atoms with Crippen LogP contribution < -0.4 is 4.74 Å². The van der Waals surface area contributed by atoms with Gasteiger partial charge < -0.3 is 9.84 Å². The number of nitrogens with zero attached hydrogens (tertiary/aromatic N) is 3. The van der Waals surface area contributed by atoms with E-state index in [0.29, 0.717) is 0 Å². The van der Waals surface area contributed by atoms with Crippen LogP contribution in [0.25, 0.3) is 5.69 Å². The molecule has 1 aromatic heterocycles. The van der Waals surface area contributed by atoms with Crippen LogP contribution in [0.3, 0.4) is 0 Å². The Bertz CT molecular complexity index is 596. The Morgan fingerprint density at radius 1 is 1.32 bits per heavy atom. The molecule has 1 N–H and O–H groups in total. The quantitative estimate of drug-likeness (QED) is 0.923. The van der Waals surface area contributed by atoms with Gasteiger partial charge >= 0.3 is 12.3 Å². The van der Waals surface area contributed by atoms with Gasteiger partial charge in [0.1, 0.15) is 18.4 Å². The van der Waals surface area contributed by atoms with E-state index in [0.717, 1.165) is 29.2 Å². The lowest BCUT2D eigenvalue weighted by Gasteiger charge is -2.11. The van der Waals surface area contributed by atoms with E-state index in [4.69, 9.17) is 5.11 Å². The first-order chi connectivity index (χ1) is 8.85. The fourth-order valence-corrected chi connectivity index (χ4v) is 1.37. The van der Waals surface area contributed by atoms with Gasteiger partial charge in [0.05, 0.1) is 11.3 Å². The summed E-state index contributed by atoms with van der Waals surface area (Å²) in [5, 5.41) is 12.5. The number of ether oxygens (including phenoxy) is 1. The molecule has 9 heteroatoms. The molecule has 19 heavy (non-hydrogen) atoms. The third-order valence-electron chi connectivity index (χ3n) is 2.06. The molecule has 0 saturated carbocycles. The smallest absolute Gasteiger partial charge is 0.478 e. The first kappa shape index (κ1) is 12.9. The summed E-state index contributed by atoms with van der Waals surface area (Å²) >= 11 is 0. The summed E-state index contributed by atoms with van der Waals surface area (Å²) in [6.45, 7) is 0. The highest BCUT2D eigenvalue weighted by Crippen LogP contribution is 2.26. The van der Waals surface area contributed by atoms with Gasteiger partial charge in [-0.1, -0.05) is 0 Å². The van der Waals surface area contributed by atoms with Crippen molar-refractivity contribution in [2.24, 2.45) is 0 Å². The summed E-state index contributed by atoms with van der Waals surface area (Å²) in [6, 6.07) is 2.94. The van der Waals surface area contributed by atoms with Gasteiger partial charge in [-0.25, -0.2) is 14.5 Å². The Labute approximate surface area is 104 Å². The third-order valence-corrected chi connectivity index (χ3v) is 2.06. The Kier molecular flexibility index (Phi) is 3.11. The number of carboxylic acid groups (broad SMARTS) is 1. The van der Waals surface area contributed by atoms with Crippen molar-refractivity contribution in [2.75, 3.05) is 0 Å². The second-order valence-corrected chi connectivity index (χ2v) is 3.41. The van der Waals surface area contributed by atoms with E-state index in [-0.39, 0.29) is 11.3 Å². The predicted octanol–water partition coefficient (Wildman–Crippen LogP) is 1.86. The minimum atomic E-state index is -4.91. The van der Waals surface area contributed by atoms with Crippen LogP contribution in [0, 0.1) is 0 Å². The number of aromatic nitrogens is 3. The van der Waals surface area contributed by atoms with Crippen LogP contribution in [0.1, 0.15) is 10.4 Å². The molecule has 0 saturated heterocycles. The van der Waals surface area contributed by atoms with Gasteiger partial charge in [-0.3, -0.25) is 0 Å². The highest BCUT2D eigenvalue weighted by atomic mass is 19.4. The lowest BCUT2D eigenvalue weighted by molar-refractivity contribution is -0.274. The molecule has 1 heterocycles. The molecule has 6 nitrogen and oxygen atoms in total. The number of alkyl halides is 3. The lowest BCUT2D eigenvalue weighted by Crippen LogP contribution is -2.17. The largest absolute Gasteiger partial charge is 0.573 e. The van der Waals surface area contributed by atoms with Crippen LogP contribution in [0.2, 0.25) is 0 Å². The van der Waals surface area contributed by atoms with Crippen molar-refractivity contribution < 1.29 is 27.8 Å². The topological polar surface area (TPSA) is 77.2 Å². The van der Waals surface area contributed by atoms with Gasteiger partial charge in [-0.05, 0) is 12.1 Å². The summed E-state index contributed by atoms with van der Waals surface area (Å²) in [6.07, 6.45) is -2.52. The normalized spacial score (nSPS) is 11.3. The van der Waals surface area contributed by atoms with Crippen molar-refractivity contribution in [1.29, 1.82) is 0 Å². The molecule has 0 aliphatic rings. The third kappa shape index (κ3) is 3.21. The SMILES string of the molecule is O=C(O)c1cc(OC(F)(F)F)cc(-n2cncn2)c1. The minimum Gasteiger partial charge on any atom is -0.478 e. The number of carbonyl (C=O) groups is 1. The maximum Gasteiger partial charge on any atom is 0.573 e. The second-order valence-electron chi connectivity index (χ2n) is 3.41. The van der Waals surface area contributed by atoms with Crippen molar-refractivity contribution in [3.63, 3.8) is 0 Å². The van der Waals surface area contributed by atoms with Crippen LogP contribution in [-0.4, -0.2) is 32.2 Å². The molecule has 0 amide bonds. The van der Waals surface area contributed by atoms with Gasteiger partial charge in [-0.2, -0.15) is 5.10 Å². The van der Waals surface area contributed by atoms with E-state index in [9.17, 15) is 18.0 Å². The first-order valence-corrected chi connectivity index (χ1v) is 4.84. The number of rotatable bonds is 3. The molecule has 0 aliphatic heterocycles. The number of hydrogen-bond donors (Lipinski definition) is 1. The van der Waals surface area contributed by atoms with E-state index in [1.54, 1.807) is 0 Å². The van der Waals surface area contributed by atoms with Gasteiger partial charge in [0.25, 0.3) is 0 Å². The summed E-state index contributed by atoms with van der Waals surface area (Å²) in [4.78, 5) is 14.5. The Morgan fingerprint density at radius 3 is 2.58 bits per heavy atom. The van der Waals surface area contributed by atoms with Crippen molar-refractivity contribution in [3.05, 3.63) is 36.4 Å². The Hall–Kier alpha value is -2.58. The van der Waals surface area contributed by atoms with Crippen LogP contribution in [0.15, 0.2) is 30.9 Å². The molecule has 0 aliphatic carbocycles. The van der Waals surface area contributed by atoms with Crippen molar-refractivity contribution in [1.82, 2.24) is 14.8 Å². The van der Waals surface area contributed by atoms with Crippen LogP contribution in [-0.2, 0) is 0 Å². The van der Waals surface area contributed by atoms with Crippen LogP contribution >= 0.6 is 0 Å². The number of halogens is 3. The predicted molar refractivity (Wildman–Crippen MR) is 55.0 cm³/mol. The first-order valence-electron chi connectivity index (χ1n) is 4.84. The maximum atomic E-state index is 12.1. The zero-order chi connectivity index (χ0) is 14.0. The number of carboxylic acids is 1. The summed E-state index contributed by atoms with van der Waals surface area (Å²) in [5.74, 6) is -2.02. The highest BCUT2D eigenvalue weighted by Gasteiger charge is 2.31. The molecule has 0 fully saturated rings. The summed E-state index contributed by atoms with van der Waals surface area (Å²) < 4.78 is 41.3. The number of hydrogen-bond acceptors (Lipinski definition) is 4. The van der Waals surface area contributed by atoms with Crippen molar-refractivity contribution in [2.45, 2.75) is 6.36 Å². The molecule has 0 atom stereocenters. The average molecular weight is 273 g/mol. The fourth-order valence-electron chi connectivity index (χ4n) is 1.37. The van der Waals surface area contributed by atoms with Gasteiger partial charge in [0, 0.05) is 6.07 Å². The standard InChI is InChI=1S/C10H6F3N3O3/c11-10(12,13)19-8-2-6(9(17)18)1-7(3-8)16-5-14-4-15-16/h1-5H,(H,17,18). The van der Waals surface area contributed by atoms with E-state index < -0.39 is 18.1 Å². The summed E-state index contributed by atoms with van der Waals surface area (Å²) in [5.41, 5.74) is -0.260. The molecular formula is C10H6F3N3O3. The summed E-state index contributed by atoms with van der Waals surface area (Å²) in [7, 11) is 0. The van der Waals surface area contributed by atoms with Gasteiger partial charge in [-0.15, -0.1) is 13.2 Å². The maximum absolute atomic E-state index is 12.1. The van der Waals surface area contributed by atoms with Crippen molar-refractivity contribution in [3.8, 4) is 11.4 Å². The molecule has 0 spiro atoms. The lowest BCUT2D eigenvalue weighted by atomic mass is 10.2. The average Bonchev–Trinajstić information content (AvgIpc) is 2.79. The zero-order valence-electron chi connectivity index (χ0n) is 9.13. The van der Waals surface area contributed by atoms with E-state index >= 15 is 0 Å². The van der Waals surface area contributed by atoms with Gasteiger partial charge in [0.2, 0.25) is 0 Å². The molecule has 2 aromatic rings. The van der Waals surface area contributed by atoms with E-state index in [1.807, 2.05) is 0 Å². The van der Waals surface area contributed by atoms with E-state index in [1.165, 1.54) is 6.33 Å². The van der Waals surface area contributed by atoms with Crippen molar-refractivity contribution >= 4 is 5.97 Å². The second kappa shape index (κ2) is 4.59. The number of benzene rings is 1. The molecule has 1 aromatic carbocycles. The Balaban J connectivity index is 2.47. The molecular weight excluding hydrogens is 267 g/mol. The zero-order valence-corrected chi connectivity index (χ0v) is 9.13. The molecule has 2 rings (SSSR count).